The van der Waals surface area contributed by atoms with Gasteiger partial charge in [-0.1, -0.05) is 29.8 Å². The molecule has 256 valence electrons. The fourth-order valence-electron chi connectivity index (χ4n) is 5.38. The molecule has 2 atom stereocenters. The highest BCUT2D eigenvalue weighted by atomic mass is 19.3. The lowest BCUT2D eigenvalue weighted by Gasteiger charge is -2.27. The SMILES string of the molecule is Cc1ccc(N(C)C(=O)c2cccc(COC(=O)[C@H]3C[C@H](c4ccc(OC(F)F)c(OCC5CC5)c4)CN3C(=O)OC(C)(C)C)n2)cc1. The number of amides is 2. The van der Waals surface area contributed by atoms with Gasteiger partial charge in [0, 0.05) is 25.2 Å². The highest BCUT2D eigenvalue weighted by Crippen LogP contribution is 2.39. The van der Waals surface area contributed by atoms with Gasteiger partial charge in [0.15, 0.2) is 11.5 Å². The zero-order valence-corrected chi connectivity index (χ0v) is 27.8. The molecule has 48 heavy (non-hydrogen) atoms. The lowest BCUT2D eigenvalue weighted by atomic mass is 9.96. The van der Waals surface area contributed by atoms with E-state index in [0.717, 1.165) is 18.4 Å². The first-order valence-corrected chi connectivity index (χ1v) is 16.0. The Balaban J connectivity index is 1.30. The van der Waals surface area contributed by atoms with Crippen molar-refractivity contribution < 1.29 is 42.1 Å². The average Bonchev–Trinajstić information content (AvgIpc) is 3.76. The quantitative estimate of drug-likeness (QED) is 0.204. The van der Waals surface area contributed by atoms with Crippen molar-refractivity contribution in [2.24, 2.45) is 5.92 Å². The monoisotopic (exact) mass is 665 g/mol. The van der Waals surface area contributed by atoms with Crippen LogP contribution in [-0.4, -0.2) is 66.3 Å². The van der Waals surface area contributed by atoms with E-state index in [-0.39, 0.29) is 48.6 Å². The number of pyridine rings is 1. The van der Waals surface area contributed by atoms with Gasteiger partial charge in [0.1, 0.15) is 23.9 Å². The molecule has 1 aliphatic carbocycles. The fourth-order valence-corrected chi connectivity index (χ4v) is 5.38. The third kappa shape index (κ3) is 8.99. The summed E-state index contributed by atoms with van der Waals surface area (Å²) in [5, 5.41) is 0. The number of benzene rings is 2. The second-order valence-electron chi connectivity index (χ2n) is 13.2. The van der Waals surface area contributed by atoms with Gasteiger partial charge in [0.25, 0.3) is 5.91 Å². The second kappa shape index (κ2) is 14.6. The predicted octanol–water partition coefficient (Wildman–Crippen LogP) is 6.89. The number of likely N-dealkylation sites (tertiary alicyclic amines) is 1. The number of hydrogen-bond acceptors (Lipinski definition) is 8. The van der Waals surface area contributed by atoms with E-state index in [1.807, 2.05) is 31.2 Å². The number of hydrogen-bond donors (Lipinski definition) is 0. The molecule has 0 unspecified atom stereocenters. The van der Waals surface area contributed by atoms with Crippen LogP contribution in [-0.2, 0) is 20.9 Å². The molecule has 12 heteroatoms. The molecule has 2 fully saturated rings. The predicted molar refractivity (Wildman–Crippen MR) is 173 cm³/mol. The van der Waals surface area contributed by atoms with Crippen molar-refractivity contribution in [3.8, 4) is 11.5 Å². The number of anilines is 1. The van der Waals surface area contributed by atoms with Crippen LogP contribution in [0.1, 0.15) is 73.3 Å². The zero-order valence-electron chi connectivity index (χ0n) is 27.8. The summed E-state index contributed by atoms with van der Waals surface area (Å²) in [5.41, 5.74) is 2.20. The first kappa shape index (κ1) is 34.6. The van der Waals surface area contributed by atoms with Crippen LogP contribution < -0.4 is 14.4 Å². The topological polar surface area (TPSA) is 108 Å². The number of aryl methyl sites for hydroxylation is 1. The summed E-state index contributed by atoms with van der Waals surface area (Å²) in [7, 11) is 1.66. The zero-order chi connectivity index (χ0) is 34.6. The van der Waals surface area contributed by atoms with Crippen LogP contribution in [0.15, 0.2) is 60.7 Å². The number of nitrogens with zero attached hydrogens (tertiary/aromatic N) is 3. The van der Waals surface area contributed by atoms with E-state index < -0.39 is 30.3 Å². The van der Waals surface area contributed by atoms with Crippen molar-refractivity contribution >= 4 is 23.7 Å². The van der Waals surface area contributed by atoms with Gasteiger partial charge in [-0.25, -0.2) is 14.6 Å². The highest BCUT2D eigenvalue weighted by Gasteiger charge is 2.43. The summed E-state index contributed by atoms with van der Waals surface area (Å²) in [4.78, 5) is 47.2. The first-order valence-electron chi connectivity index (χ1n) is 16.0. The lowest BCUT2D eigenvalue weighted by Crippen LogP contribution is -2.44. The van der Waals surface area contributed by atoms with Crippen LogP contribution in [0.25, 0.3) is 0 Å². The van der Waals surface area contributed by atoms with Gasteiger partial charge in [0.2, 0.25) is 0 Å². The molecule has 0 N–H and O–H groups in total. The Kier molecular flexibility index (Phi) is 10.5. The minimum absolute atomic E-state index is 0.0781. The normalized spacial score (nSPS) is 17.6. The maximum atomic E-state index is 13.5. The number of carbonyl (C=O) groups excluding carboxylic acids is 3. The van der Waals surface area contributed by atoms with E-state index in [1.54, 1.807) is 58.2 Å². The summed E-state index contributed by atoms with van der Waals surface area (Å²) >= 11 is 0. The van der Waals surface area contributed by atoms with Crippen molar-refractivity contribution in [1.82, 2.24) is 9.88 Å². The molecule has 1 saturated heterocycles. The van der Waals surface area contributed by atoms with E-state index in [4.69, 9.17) is 14.2 Å². The molecular formula is C36H41F2N3O7. The van der Waals surface area contributed by atoms with Gasteiger partial charge >= 0.3 is 18.7 Å². The molecule has 5 rings (SSSR count). The van der Waals surface area contributed by atoms with Crippen LogP contribution >= 0.6 is 0 Å². The van der Waals surface area contributed by atoms with Crippen molar-refractivity contribution in [2.45, 2.75) is 77.7 Å². The summed E-state index contributed by atoms with van der Waals surface area (Å²) in [6.45, 7) is 4.41. The van der Waals surface area contributed by atoms with E-state index in [1.165, 1.54) is 15.9 Å². The molecule has 2 aliphatic rings. The summed E-state index contributed by atoms with van der Waals surface area (Å²) < 4.78 is 48.0. The van der Waals surface area contributed by atoms with E-state index in [0.29, 0.717) is 29.5 Å². The van der Waals surface area contributed by atoms with Crippen LogP contribution in [0, 0.1) is 12.8 Å². The van der Waals surface area contributed by atoms with Gasteiger partial charge in [-0.3, -0.25) is 9.69 Å². The molecule has 2 heterocycles. The highest BCUT2D eigenvalue weighted by molar-refractivity contribution is 6.04. The molecule has 1 saturated carbocycles. The number of halogens is 2. The molecule has 2 amide bonds. The smallest absolute Gasteiger partial charge is 0.411 e. The third-order valence-electron chi connectivity index (χ3n) is 8.14. The van der Waals surface area contributed by atoms with Crippen molar-refractivity contribution in [2.75, 3.05) is 25.1 Å². The minimum atomic E-state index is -3.02. The summed E-state index contributed by atoms with van der Waals surface area (Å²) in [6.07, 6.45) is 1.55. The van der Waals surface area contributed by atoms with Crippen LogP contribution in [0.4, 0.5) is 19.3 Å². The average molecular weight is 666 g/mol. The van der Waals surface area contributed by atoms with Crippen LogP contribution in [0.3, 0.4) is 0 Å². The van der Waals surface area contributed by atoms with Crippen molar-refractivity contribution in [1.29, 1.82) is 0 Å². The van der Waals surface area contributed by atoms with Crippen LogP contribution in [0.2, 0.25) is 0 Å². The Morgan fingerprint density at radius 2 is 1.75 bits per heavy atom. The first-order chi connectivity index (χ1) is 22.8. The molecule has 10 nitrogen and oxygen atoms in total. The van der Waals surface area contributed by atoms with Gasteiger partial charge in [-0.2, -0.15) is 8.78 Å². The maximum absolute atomic E-state index is 13.5. The molecule has 1 aromatic heterocycles. The molecule has 0 radical (unpaired) electrons. The van der Waals surface area contributed by atoms with Crippen molar-refractivity contribution in [3.63, 3.8) is 0 Å². The number of ether oxygens (including phenoxy) is 4. The number of alkyl halides is 2. The van der Waals surface area contributed by atoms with Gasteiger partial charge in [0.05, 0.1) is 12.3 Å². The van der Waals surface area contributed by atoms with E-state index in [2.05, 4.69) is 9.72 Å². The second-order valence-corrected chi connectivity index (χ2v) is 13.2. The Labute approximate surface area is 278 Å². The molecule has 2 aromatic carbocycles. The molecule has 0 spiro atoms. The maximum Gasteiger partial charge on any atom is 0.411 e. The van der Waals surface area contributed by atoms with Gasteiger partial charge < -0.3 is 23.8 Å². The number of rotatable bonds is 11. The molecule has 1 aliphatic heterocycles. The minimum Gasteiger partial charge on any atom is -0.489 e. The molecule has 0 bridgehead atoms. The largest absolute Gasteiger partial charge is 0.489 e. The van der Waals surface area contributed by atoms with Crippen LogP contribution in [0.5, 0.6) is 11.5 Å². The van der Waals surface area contributed by atoms with E-state index in [9.17, 15) is 23.2 Å². The van der Waals surface area contributed by atoms with Gasteiger partial charge in [-0.15, -0.1) is 0 Å². The Hall–Kier alpha value is -4.74. The molecular weight excluding hydrogens is 624 g/mol. The number of esters is 1. The summed E-state index contributed by atoms with van der Waals surface area (Å²) in [5.74, 6) is -0.860. The number of aromatic nitrogens is 1. The Morgan fingerprint density at radius 1 is 1.02 bits per heavy atom. The standard InChI is InChI=1S/C36H41F2N3O7/c1-22-9-14-27(15-10-22)40(5)32(42)28-8-6-7-26(39-28)21-46-33(43)29-17-25(19-41(29)35(44)48-36(2,3)4)24-13-16-30(47-34(37)38)31(18-24)45-20-23-11-12-23/h6-10,13-16,18,23,25,29,34H,11-12,17,19-21H2,1-5H3/t25-,29+/m0/s1. The fraction of sp³-hybridized carbons (Fsp3) is 0.444. The lowest BCUT2D eigenvalue weighted by molar-refractivity contribution is -0.150. The summed E-state index contributed by atoms with van der Waals surface area (Å²) in [6, 6.07) is 16.1. The molecule has 3 aromatic rings. The van der Waals surface area contributed by atoms with Gasteiger partial charge in [-0.05, 0) is 94.8 Å². The number of carbonyl (C=O) groups is 3. The van der Waals surface area contributed by atoms with Crippen molar-refractivity contribution in [3.05, 3.63) is 83.2 Å². The Morgan fingerprint density at radius 3 is 2.42 bits per heavy atom. The third-order valence-corrected chi connectivity index (χ3v) is 8.14. The Bertz CT molecular complexity index is 1620. The van der Waals surface area contributed by atoms with E-state index >= 15 is 0 Å².